The third-order valence-electron chi connectivity index (χ3n) is 7.07. The number of rotatable bonds is 7. The van der Waals surface area contributed by atoms with Gasteiger partial charge in [-0.25, -0.2) is 4.98 Å². The van der Waals surface area contributed by atoms with Crippen molar-refractivity contribution in [1.82, 2.24) is 24.7 Å². The summed E-state index contributed by atoms with van der Waals surface area (Å²) in [5.41, 5.74) is 0.481. The summed E-state index contributed by atoms with van der Waals surface area (Å²) in [5, 5.41) is 0. The normalized spacial score (nSPS) is 24.6. The van der Waals surface area contributed by atoms with Crippen molar-refractivity contribution in [2.24, 2.45) is 5.92 Å². The smallest absolute Gasteiger partial charge is 0.274 e. The van der Waals surface area contributed by atoms with Crippen LogP contribution in [0.25, 0.3) is 0 Å². The van der Waals surface area contributed by atoms with Crippen molar-refractivity contribution in [3.05, 3.63) is 24.3 Å². The summed E-state index contributed by atoms with van der Waals surface area (Å²) >= 11 is 0. The van der Waals surface area contributed by atoms with Gasteiger partial charge in [-0.3, -0.25) is 9.78 Å². The SMILES string of the molecule is O=C(c1cnccn1)N(CCN1CCCCC1)CC1CCCN(C2CCCC2)C1. The van der Waals surface area contributed by atoms with Crippen molar-refractivity contribution < 1.29 is 4.79 Å². The van der Waals surface area contributed by atoms with Gasteiger partial charge < -0.3 is 14.7 Å². The van der Waals surface area contributed by atoms with Crippen LogP contribution in [0.15, 0.2) is 18.6 Å². The van der Waals surface area contributed by atoms with Crippen LogP contribution in [0.2, 0.25) is 0 Å². The molecule has 29 heavy (non-hydrogen) atoms. The summed E-state index contributed by atoms with van der Waals surface area (Å²) in [5.74, 6) is 0.624. The molecule has 3 heterocycles. The number of amides is 1. The van der Waals surface area contributed by atoms with Crippen LogP contribution < -0.4 is 0 Å². The zero-order valence-electron chi connectivity index (χ0n) is 17.8. The maximum absolute atomic E-state index is 13.2. The quantitative estimate of drug-likeness (QED) is 0.705. The van der Waals surface area contributed by atoms with Gasteiger partial charge in [0, 0.05) is 44.6 Å². The van der Waals surface area contributed by atoms with Crippen LogP contribution >= 0.6 is 0 Å². The molecule has 1 aliphatic carbocycles. The number of carbonyl (C=O) groups is 1. The van der Waals surface area contributed by atoms with Crippen molar-refractivity contribution >= 4 is 5.91 Å². The Kier molecular flexibility index (Phi) is 7.49. The first kappa shape index (κ1) is 20.7. The molecule has 1 aromatic rings. The second-order valence-electron chi connectivity index (χ2n) is 9.19. The molecule has 6 nitrogen and oxygen atoms in total. The Morgan fingerprint density at radius 3 is 2.59 bits per heavy atom. The molecule has 1 unspecified atom stereocenters. The van der Waals surface area contributed by atoms with Crippen LogP contribution in [-0.2, 0) is 0 Å². The topological polar surface area (TPSA) is 52.6 Å². The minimum Gasteiger partial charge on any atom is -0.336 e. The summed E-state index contributed by atoms with van der Waals surface area (Å²) in [6.07, 6.45) is 16.8. The van der Waals surface area contributed by atoms with Crippen molar-refractivity contribution in [2.75, 3.05) is 45.8 Å². The maximum atomic E-state index is 13.2. The fraction of sp³-hybridized carbons (Fsp3) is 0.783. The van der Waals surface area contributed by atoms with Gasteiger partial charge in [-0.2, -0.15) is 0 Å². The van der Waals surface area contributed by atoms with Crippen molar-refractivity contribution in [3.63, 3.8) is 0 Å². The van der Waals surface area contributed by atoms with E-state index in [1.807, 2.05) is 0 Å². The average Bonchev–Trinajstić information content (AvgIpc) is 3.33. The minimum atomic E-state index is 0.0492. The first-order valence-electron chi connectivity index (χ1n) is 11.8. The molecule has 3 fully saturated rings. The van der Waals surface area contributed by atoms with Crippen molar-refractivity contribution in [3.8, 4) is 0 Å². The van der Waals surface area contributed by atoms with Gasteiger partial charge in [0.1, 0.15) is 5.69 Å². The van der Waals surface area contributed by atoms with E-state index in [2.05, 4.69) is 24.7 Å². The van der Waals surface area contributed by atoms with Gasteiger partial charge in [0.25, 0.3) is 5.91 Å². The number of hydrogen-bond donors (Lipinski definition) is 0. The lowest BCUT2D eigenvalue weighted by molar-refractivity contribution is 0.0604. The molecule has 1 saturated carbocycles. The average molecular weight is 400 g/mol. The maximum Gasteiger partial charge on any atom is 0.274 e. The molecular weight excluding hydrogens is 362 g/mol. The van der Waals surface area contributed by atoms with Crippen LogP contribution in [0.1, 0.15) is 68.3 Å². The Morgan fingerprint density at radius 1 is 1.00 bits per heavy atom. The number of nitrogens with zero attached hydrogens (tertiary/aromatic N) is 5. The molecule has 0 N–H and O–H groups in total. The highest BCUT2D eigenvalue weighted by molar-refractivity contribution is 5.91. The molecule has 1 amide bonds. The second-order valence-corrected chi connectivity index (χ2v) is 9.19. The Hall–Kier alpha value is -1.53. The van der Waals surface area contributed by atoms with Gasteiger partial charge in [-0.05, 0) is 64.1 Å². The van der Waals surface area contributed by atoms with E-state index < -0.39 is 0 Å². The van der Waals surface area contributed by atoms with E-state index in [1.54, 1.807) is 18.6 Å². The third-order valence-corrected chi connectivity index (χ3v) is 7.07. The molecule has 1 atom stereocenters. The highest BCUT2D eigenvalue weighted by Gasteiger charge is 2.30. The first-order valence-corrected chi connectivity index (χ1v) is 11.8. The Balaban J connectivity index is 1.38. The van der Waals surface area contributed by atoms with Gasteiger partial charge >= 0.3 is 0 Å². The lowest BCUT2D eigenvalue weighted by Gasteiger charge is -2.39. The van der Waals surface area contributed by atoms with E-state index >= 15 is 0 Å². The monoisotopic (exact) mass is 399 g/mol. The van der Waals surface area contributed by atoms with E-state index in [9.17, 15) is 4.79 Å². The van der Waals surface area contributed by atoms with Crippen LogP contribution in [0.4, 0.5) is 0 Å². The minimum absolute atomic E-state index is 0.0492. The molecule has 0 spiro atoms. The summed E-state index contributed by atoms with van der Waals surface area (Å²) in [6, 6.07) is 0.787. The fourth-order valence-electron chi connectivity index (χ4n) is 5.45. The summed E-state index contributed by atoms with van der Waals surface area (Å²) in [4.78, 5) is 28.9. The first-order chi connectivity index (χ1) is 14.3. The molecule has 3 aliphatic rings. The Bertz CT molecular complexity index is 627. The van der Waals surface area contributed by atoms with Gasteiger partial charge in [0.15, 0.2) is 0 Å². The zero-order chi connectivity index (χ0) is 19.9. The van der Waals surface area contributed by atoms with Crippen molar-refractivity contribution in [2.45, 2.75) is 63.8 Å². The standard InChI is InChI=1S/C23H37N5O/c29-23(22-17-24-10-11-25-22)28(16-15-26-12-4-1-5-13-26)19-20-7-6-14-27(18-20)21-8-2-3-9-21/h10-11,17,20-21H,1-9,12-16,18-19H2. The zero-order valence-corrected chi connectivity index (χ0v) is 17.8. The molecule has 160 valence electrons. The van der Waals surface area contributed by atoms with E-state index in [1.165, 1.54) is 77.4 Å². The van der Waals surface area contributed by atoms with E-state index in [-0.39, 0.29) is 5.91 Å². The highest BCUT2D eigenvalue weighted by Crippen LogP contribution is 2.28. The predicted octanol–water partition coefficient (Wildman–Crippen LogP) is 3.06. The molecule has 2 aliphatic heterocycles. The van der Waals surface area contributed by atoms with Crippen LogP contribution in [0, 0.1) is 5.92 Å². The van der Waals surface area contributed by atoms with Gasteiger partial charge in [0.2, 0.25) is 0 Å². The van der Waals surface area contributed by atoms with Gasteiger partial charge in [0.05, 0.1) is 6.20 Å². The third kappa shape index (κ3) is 5.76. The van der Waals surface area contributed by atoms with Gasteiger partial charge in [-0.15, -0.1) is 0 Å². The predicted molar refractivity (Wildman–Crippen MR) is 115 cm³/mol. The molecule has 0 radical (unpaired) electrons. The summed E-state index contributed by atoms with van der Waals surface area (Å²) in [7, 11) is 0. The van der Waals surface area contributed by atoms with E-state index in [4.69, 9.17) is 0 Å². The van der Waals surface area contributed by atoms with Crippen LogP contribution in [0.5, 0.6) is 0 Å². The molecule has 6 heteroatoms. The highest BCUT2D eigenvalue weighted by atomic mass is 16.2. The number of piperidine rings is 2. The second kappa shape index (κ2) is 10.5. The summed E-state index contributed by atoms with van der Waals surface area (Å²) in [6.45, 7) is 7.37. The molecule has 0 aromatic carbocycles. The number of likely N-dealkylation sites (tertiary alicyclic amines) is 2. The largest absolute Gasteiger partial charge is 0.336 e. The van der Waals surface area contributed by atoms with E-state index in [0.29, 0.717) is 11.6 Å². The molecule has 1 aromatic heterocycles. The molecule has 2 saturated heterocycles. The lowest BCUT2D eigenvalue weighted by atomic mass is 9.95. The molecular formula is C23H37N5O. The van der Waals surface area contributed by atoms with Gasteiger partial charge in [-0.1, -0.05) is 19.3 Å². The number of hydrogen-bond acceptors (Lipinski definition) is 5. The molecule has 0 bridgehead atoms. The lowest BCUT2D eigenvalue weighted by Crippen LogP contribution is -2.47. The fourth-order valence-corrected chi connectivity index (χ4v) is 5.45. The summed E-state index contributed by atoms with van der Waals surface area (Å²) < 4.78 is 0. The Labute approximate surface area is 175 Å². The van der Waals surface area contributed by atoms with Crippen LogP contribution in [-0.4, -0.2) is 82.4 Å². The Morgan fingerprint density at radius 2 is 1.83 bits per heavy atom. The van der Waals surface area contributed by atoms with Crippen molar-refractivity contribution in [1.29, 1.82) is 0 Å². The van der Waals surface area contributed by atoms with E-state index in [0.717, 1.165) is 32.2 Å². The number of carbonyl (C=O) groups excluding carboxylic acids is 1. The number of aromatic nitrogens is 2. The molecule has 4 rings (SSSR count). The van der Waals surface area contributed by atoms with Crippen LogP contribution in [0.3, 0.4) is 0 Å².